The number of alkyl halides is 3. The standard InChI is InChI=1S/C22H14ClF4N3O3S/c1-34(32,33)29-21(31)15-10-16(23)19(11-17(15)24)30-18-8-3-2-7-14(18)20(28-30)12-5-4-6-13(9-12)22(25,26)27/h2-11H,1H3,(H,29,31). The summed E-state index contributed by atoms with van der Waals surface area (Å²) in [7, 11) is -3.94. The Kier molecular flexibility index (Phi) is 5.86. The summed E-state index contributed by atoms with van der Waals surface area (Å²) in [5.74, 6) is -2.27. The van der Waals surface area contributed by atoms with Gasteiger partial charge >= 0.3 is 6.18 Å². The van der Waals surface area contributed by atoms with Gasteiger partial charge in [-0.15, -0.1) is 0 Å². The fourth-order valence-electron chi connectivity index (χ4n) is 3.40. The van der Waals surface area contributed by atoms with Crippen molar-refractivity contribution in [3.63, 3.8) is 0 Å². The molecule has 0 radical (unpaired) electrons. The highest BCUT2D eigenvalue weighted by molar-refractivity contribution is 7.89. The summed E-state index contributed by atoms with van der Waals surface area (Å²) >= 11 is 6.29. The van der Waals surface area contributed by atoms with E-state index in [9.17, 15) is 30.8 Å². The Morgan fingerprint density at radius 2 is 1.76 bits per heavy atom. The zero-order valence-electron chi connectivity index (χ0n) is 17.2. The lowest BCUT2D eigenvalue weighted by Gasteiger charge is -2.10. The molecule has 6 nitrogen and oxygen atoms in total. The predicted octanol–water partition coefficient (Wildman–Crippen LogP) is 5.19. The van der Waals surface area contributed by atoms with Crippen molar-refractivity contribution in [1.82, 2.24) is 14.5 Å². The summed E-state index contributed by atoms with van der Waals surface area (Å²) in [5.41, 5.74) is -0.640. The second-order valence-electron chi connectivity index (χ2n) is 7.34. The van der Waals surface area contributed by atoms with Crippen molar-refractivity contribution in [2.75, 3.05) is 6.26 Å². The molecule has 176 valence electrons. The average molecular weight is 512 g/mol. The Labute approximate surface area is 195 Å². The minimum Gasteiger partial charge on any atom is -0.268 e. The summed E-state index contributed by atoms with van der Waals surface area (Å²) in [5, 5.41) is 4.74. The SMILES string of the molecule is CS(=O)(=O)NC(=O)c1cc(Cl)c(-n2nc(-c3cccc(C(F)(F)F)c3)c3ccccc32)cc1F. The lowest BCUT2D eigenvalue weighted by atomic mass is 10.0. The van der Waals surface area contributed by atoms with Crippen molar-refractivity contribution in [1.29, 1.82) is 0 Å². The molecule has 0 unspecified atom stereocenters. The molecule has 0 spiro atoms. The van der Waals surface area contributed by atoms with Gasteiger partial charge in [-0.2, -0.15) is 18.3 Å². The van der Waals surface area contributed by atoms with E-state index in [1.807, 2.05) is 0 Å². The molecule has 0 aliphatic carbocycles. The topological polar surface area (TPSA) is 81.1 Å². The fourth-order valence-corrected chi connectivity index (χ4v) is 4.09. The zero-order valence-corrected chi connectivity index (χ0v) is 18.8. The minimum absolute atomic E-state index is 0.00417. The molecule has 0 aliphatic heterocycles. The first-order valence-electron chi connectivity index (χ1n) is 9.52. The maximum Gasteiger partial charge on any atom is 0.416 e. The zero-order chi connectivity index (χ0) is 24.8. The normalized spacial score (nSPS) is 12.2. The Bertz CT molecular complexity index is 1550. The number of rotatable bonds is 4. The quantitative estimate of drug-likeness (QED) is 0.382. The second-order valence-corrected chi connectivity index (χ2v) is 9.50. The first-order chi connectivity index (χ1) is 15.8. The van der Waals surface area contributed by atoms with Crippen molar-refractivity contribution in [3.8, 4) is 16.9 Å². The number of para-hydroxylation sites is 1. The molecular weight excluding hydrogens is 498 g/mol. The maximum absolute atomic E-state index is 14.8. The number of aromatic nitrogens is 2. The van der Waals surface area contributed by atoms with Crippen LogP contribution in [0.25, 0.3) is 27.8 Å². The van der Waals surface area contributed by atoms with Crippen LogP contribution in [0.4, 0.5) is 17.6 Å². The highest BCUT2D eigenvalue weighted by Crippen LogP contribution is 2.36. The van der Waals surface area contributed by atoms with E-state index in [0.717, 1.165) is 30.5 Å². The number of hydrogen-bond acceptors (Lipinski definition) is 4. The number of nitrogens with zero attached hydrogens (tertiary/aromatic N) is 2. The lowest BCUT2D eigenvalue weighted by molar-refractivity contribution is -0.137. The van der Waals surface area contributed by atoms with Gasteiger partial charge in [0.05, 0.1) is 33.6 Å². The third-order valence-corrected chi connectivity index (χ3v) is 5.70. The number of amides is 1. The van der Waals surface area contributed by atoms with Crippen molar-refractivity contribution in [2.45, 2.75) is 6.18 Å². The van der Waals surface area contributed by atoms with Crippen LogP contribution in [0.5, 0.6) is 0 Å². The van der Waals surface area contributed by atoms with E-state index in [4.69, 9.17) is 11.6 Å². The molecule has 0 bridgehead atoms. The number of benzene rings is 3. The van der Waals surface area contributed by atoms with Crippen molar-refractivity contribution in [3.05, 3.63) is 82.6 Å². The largest absolute Gasteiger partial charge is 0.416 e. The van der Waals surface area contributed by atoms with Crippen LogP contribution >= 0.6 is 11.6 Å². The minimum atomic E-state index is -4.55. The monoisotopic (exact) mass is 511 g/mol. The number of fused-ring (bicyclic) bond motifs is 1. The predicted molar refractivity (Wildman–Crippen MR) is 119 cm³/mol. The average Bonchev–Trinajstić information content (AvgIpc) is 3.13. The second kappa shape index (κ2) is 8.41. The van der Waals surface area contributed by atoms with Gasteiger partial charge in [0.25, 0.3) is 5.91 Å². The van der Waals surface area contributed by atoms with Gasteiger partial charge in [0.1, 0.15) is 11.5 Å². The number of carbonyl (C=O) groups is 1. The van der Waals surface area contributed by atoms with Gasteiger partial charge in [-0.25, -0.2) is 22.2 Å². The first-order valence-corrected chi connectivity index (χ1v) is 11.8. The first kappa shape index (κ1) is 23.7. The van der Waals surface area contributed by atoms with Crippen LogP contribution in [0.3, 0.4) is 0 Å². The lowest BCUT2D eigenvalue weighted by Crippen LogP contribution is -2.30. The van der Waals surface area contributed by atoms with Gasteiger partial charge < -0.3 is 0 Å². The van der Waals surface area contributed by atoms with Crippen LogP contribution in [0, 0.1) is 5.82 Å². The summed E-state index contributed by atoms with van der Waals surface area (Å²) in [6.45, 7) is 0. The van der Waals surface area contributed by atoms with Crippen LogP contribution in [0.2, 0.25) is 5.02 Å². The van der Waals surface area contributed by atoms with Gasteiger partial charge in [0.2, 0.25) is 10.0 Å². The van der Waals surface area contributed by atoms with Crippen LogP contribution in [0.1, 0.15) is 15.9 Å². The number of carbonyl (C=O) groups excluding carboxylic acids is 1. The number of sulfonamides is 1. The van der Waals surface area contributed by atoms with E-state index < -0.39 is 39.1 Å². The van der Waals surface area contributed by atoms with Crippen LogP contribution < -0.4 is 4.72 Å². The van der Waals surface area contributed by atoms with Gasteiger partial charge in [0.15, 0.2) is 0 Å². The van der Waals surface area contributed by atoms with Crippen molar-refractivity contribution < 1.29 is 30.8 Å². The molecule has 34 heavy (non-hydrogen) atoms. The molecule has 1 heterocycles. The summed E-state index contributed by atoms with van der Waals surface area (Å²) in [6, 6.07) is 13.1. The summed E-state index contributed by atoms with van der Waals surface area (Å²) in [6.07, 6.45) is -3.81. The van der Waals surface area contributed by atoms with Crippen LogP contribution in [0.15, 0.2) is 60.7 Å². The van der Waals surface area contributed by atoms with Gasteiger partial charge in [-0.05, 0) is 24.3 Å². The van der Waals surface area contributed by atoms with E-state index in [-0.39, 0.29) is 22.0 Å². The van der Waals surface area contributed by atoms with Crippen molar-refractivity contribution >= 4 is 38.4 Å². The highest BCUT2D eigenvalue weighted by atomic mass is 35.5. The number of hydrogen-bond donors (Lipinski definition) is 1. The molecule has 1 N–H and O–H groups in total. The molecule has 4 aromatic rings. The molecule has 1 aromatic heterocycles. The van der Waals surface area contributed by atoms with E-state index in [0.29, 0.717) is 10.9 Å². The maximum atomic E-state index is 14.8. The summed E-state index contributed by atoms with van der Waals surface area (Å²) in [4.78, 5) is 12.1. The van der Waals surface area contributed by atoms with E-state index >= 15 is 0 Å². The van der Waals surface area contributed by atoms with E-state index in [1.165, 1.54) is 16.8 Å². The van der Waals surface area contributed by atoms with Crippen LogP contribution in [-0.2, 0) is 16.2 Å². The molecule has 0 saturated heterocycles. The smallest absolute Gasteiger partial charge is 0.268 e. The van der Waals surface area contributed by atoms with Gasteiger partial charge in [-0.1, -0.05) is 41.9 Å². The number of halogens is 5. The van der Waals surface area contributed by atoms with E-state index in [1.54, 1.807) is 29.0 Å². The van der Waals surface area contributed by atoms with Gasteiger partial charge in [-0.3, -0.25) is 4.79 Å². The molecule has 0 aliphatic rings. The Hall–Kier alpha value is -3.44. The van der Waals surface area contributed by atoms with E-state index in [2.05, 4.69) is 5.10 Å². The summed E-state index contributed by atoms with van der Waals surface area (Å²) < 4.78 is 79.9. The Morgan fingerprint density at radius 1 is 1.06 bits per heavy atom. The highest BCUT2D eigenvalue weighted by Gasteiger charge is 2.31. The molecule has 4 rings (SSSR count). The molecule has 12 heteroatoms. The Balaban J connectivity index is 1.88. The van der Waals surface area contributed by atoms with Gasteiger partial charge in [0, 0.05) is 17.0 Å². The fraction of sp³-hybridized carbons (Fsp3) is 0.0909. The third kappa shape index (κ3) is 4.62. The third-order valence-electron chi connectivity index (χ3n) is 4.84. The van der Waals surface area contributed by atoms with Crippen LogP contribution in [-0.4, -0.2) is 30.4 Å². The molecular formula is C22H14ClF4N3O3S. The molecule has 0 fully saturated rings. The van der Waals surface area contributed by atoms with Crippen molar-refractivity contribution in [2.24, 2.45) is 0 Å². The Morgan fingerprint density at radius 3 is 2.44 bits per heavy atom. The molecule has 0 saturated carbocycles. The molecule has 3 aromatic carbocycles. The molecule has 1 amide bonds. The molecule has 0 atom stereocenters. The number of nitrogens with one attached hydrogen (secondary N) is 1.